The Morgan fingerprint density at radius 3 is 2.27 bits per heavy atom. The molecule has 11 heavy (non-hydrogen) atoms. The van der Waals surface area contributed by atoms with Crippen LogP contribution in [-0.2, 0) is 0 Å². The largest absolute Gasteiger partial charge is 0.125 e. The zero-order chi connectivity index (χ0) is 8.27. The summed E-state index contributed by atoms with van der Waals surface area (Å²) >= 11 is 11.7. The van der Waals surface area contributed by atoms with E-state index < -0.39 is 0 Å². The Hall–Kier alpha value is 0.580. The van der Waals surface area contributed by atoms with Gasteiger partial charge in [-0.3, -0.25) is 0 Å². The van der Waals surface area contributed by atoms with E-state index in [-0.39, 0.29) is 5.38 Å². The van der Waals surface area contributed by atoms with Crippen LogP contribution >= 0.6 is 23.2 Å². The van der Waals surface area contributed by atoms with E-state index in [0.717, 1.165) is 5.92 Å². The smallest absolute Gasteiger partial charge is 0.0499 e. The van der Waals surface area contributed by atoms with Crippen molar-refractivity contribution in [1.29, 1.82) is 0 Å². The highest BCUT2D eigenvalue weighted by Crippen LogP contribution is 2.32. The summed E-state index contributed by atoms with van der Waals surface area (Å²) in [6, 6.07) is 0. The van der Waals surface area contributed by atoms with Gasteiger partial charge in [0.15, 0.2) is 0 Å². The molecule has 0 heterocycles. The molecular formula is C9H16Cl2. The van der Waals surface area contributed by atoms with Gasteiger partial charge in [-0.25, -0.2) is 0 Å². The van der Waals surface area contributed by atoms with Gasteiger partial charge in [-0.15, -0.1) is 23.2 Å². The molecule has 0 aromatic heterocycles. The fraction of sp³-hybridized carbons (Fsp3) is 1.00. The average Bonchev–Trinajstić information content (AvgIpc) is 2.05. The van der Waals surface area contributed by atoms with E-state index >= 15 is 0 Å². The van der Waals surface area contributed by atoms with E-state index in [0.29, 0.717) is 11.8 Å². The molecule has 0 amide bonds. The van der Waals surface area contributed by atoms with Gasteiger partial charge in [-0.1, -0.05) is 19.8 Å². The van der Waals surface area contributed by atoms with E-state index in [1.54, 1.807) is 0 Å². The molecule has 0 aliphatic heterocycles. The first kappa shape index (κ1) is 9.67. The van der Waals surface area contributed by atoms with E-state index in [1.807, 2.05) is 0 Å². The third-order valence-corrected chi connectivity index (χ3v) is 3.72. The first-order valence-corrected chi connectivity index (χ1v) is 5.41. The first-order chi connectivity index (χ1) is 5.24. The van der Waals surface area contributed by atoms with Crippen LogP contribution in [-0.4, -0.2) is 11.3 Å². The summed E-state index contributed by atoms with van der Waals surface area (Å²) in [6.07, 6.45) is 5.24. The highest BCUT2D eigenvalue weighted by atomic mass is 35.5. The monoisotopic (exact) mass is 194 g/mol. The van der Waals surface area contributed by atoms with Gasteiger partial charge in [0.05, 0.1) is 0 Å². The van der Waals surface area contributed by atoms with Crippen LogP contribution in [0.25, 0.3) is 0 Å². The molecule has 0 aromatic carbocycles. The predicted molar refractivity (Wildman–Crippen MR) is 51.5 cm³/mol. The zero-order valence-corrected chi connectivity index (χ0v) is 8.54. The molecule has 1 saturated carbocycles. The Labute approximate surface area is 79.3 Å². The highest BCUT2D eigenvalue weighted by molar-refractivity contribution is 6.28. The highest BCUT2D eigenvalue weighted by Gasteiger charge is 2.23. The molecule has 2 heteroatoms. The molecule has 1 aliphatic carbocycles. The minimum atomic E-state index is 0.212. The number of rotatable bonds is 2. The number of halogens is 2. The Morgan fingerprint density at radius 1 is 1.27 bits per heavy atom. The summed E-state index contributed by atoms with van der Waals surface area (Å²) in [4.78, 5) is 0. The topological polar surface area (TPSA) is 0 Å². The van der Waals surface area contributed by atoms with Gasteiger partial charge in [0.1, 0.15) is 0 Å². The van der Waals surface area contributed by atoms with Gasteiger partial charge in [0.2, 0.25) is 0 Å². The Bertz CT molecular complexity index is 106. The van der Waals surface area contributed by atoms with Crippen LogP contribution in [0.15, 0.2) is 0 Å². The summed E-state index contributed by atoms with van der Waals surface area (Å²) in [5, 5.41) is 0.212. The van der Waals surface area contributed by atoms with Crippen LogP contribution in [0.2, 0.25) is 0 Å². The van der Waals surface area contributed by atoms with Gasteiger partial charge in [0.25, 0.3) is 0 Å². The maximum Gasteiger partial charge on any atom is 0.0499 e. The lowest BCUT2D eigenvalue weighted by molar-refractivity contribution is 0.288. The van der Waals surface area contributed by atoms with E-state index in [2.05, 4.69) is 6.92 Å². The Balaban J connectivity index is 2.27. The standard InChI is InChI=1S/C9H16Cl2/c1-7-2-4-8(5-3-7)9(11)6-10/h7-9H,2-6H2,1H3. The second kappa shape index (κ2) is 4.57. The van der Waals surface area contributed by atoms with Crippen LogP contribution in [0.4, 0.5) is 0 Å². The minimum Gasteiger partial charge on any atom is -0.125 e. The van der Waals surface area contributed by atoms with Crippen LogP contribution in [0.1, 0.15) is 32.6 Å². The van der Waals surface area contributed by atoms with Crippen molar-refractivity contribution in [3.8, 4) is 0 Å². The lowest BCUT2D eigenvalue weighted by Gasteiger charge is -2.28. The molecule has 0 saturated heterocycles. The van der Waals surface area contributed by atoms with Crippen LogP contribution < -0.4 is 0 Å². The van der Waals surface area contributed by atoms with E-state index in [4.69, 9.17) is 23.2 Å². The van der Waals surface area contributed by atoms with Crippen molar-refractivity contribution in [2.75, 3.05) is 5.88 Å². The molecule has 1 rings (SSSR count). The second-order valence-electron chi connectivity index (χ2n) is 3.69. The number of hydrogen-bond donors (Lipinski definition) is 0. The Morgan fingerprint density at radius 2 is 1.82 bits per heavy atom. The van der Waals surface area contributed by atoms with Gasteiger partial charge in [-0.05, 0) is 24.7 Å². The molecule has 0 radical (unpaired) electrons. The van der Waals surface area contributed by atoms with Crippen molar-refractivity contribution < 1.29 is 0 Å². The summed E-state index contributed by atoms with van der Waals surface area (Å²) in [7, 11) is 0. The van der Waals surface area contributed by atoms with Crippen LogP contribution in [0, 0.1) is 11.8 Å². The molecule has 1 unspecified atom stereocenters. The third kappa shape index (κ3) is 2.83. The van der Waals surface area contributed by atoms with Crippen LogP contribution in [0.5, 0.6) is 0 Å². The van der Waals surface area contributed by atoms with Crippen molar-refractivity contribution in [3.63, 3.8) is 0 Å². The van der Waals surface area contributed by atoms with Gasteiger partial charge in [-0.2, -0.15) is 0 Å². The molecule has 66 valence electrons. The fourth-order valence-corrected chi connectivity index (χ4v) is 2.28. The van der Waals surface area contributed by atoms with Crippen molar-refractivity contribution in [2.45, 2.75) is 38.0 Å². The second-order valence-corrected chi connectivity index (χ2v) is 4.56. The maximum absolute atomic E-state index is 6.06. The van der Waals surface area contributed by atoms with E-state index in [1.165, 1.54) is 25.7 Å². The fourth-order valence-electron chi connectivity index (χ4n) is 1.77. The molecule has 0 N–H and O–H groups in total. The lowest BCUT2D eigenvalue weighted by atomic mass is 9.81. The molecule has 0 bridgehead atoms. The summed E-state index contributed by atoms with van der Waals surface area (Å²) in [6.45, 7) is 2.32. The van der Waals surface area contributed by atoms with Crippen molar-refractivity contribution in [3.05, 3.63) is 0 Å². The number of hydrogen-bond acceptors (Lipinski definition) is 0. The van der Waals surface area contributed by atoms with Crippen molar-refractivity contribution in [1.82, 2.24) is 0 Å². The lowest BCUT2D eigenvalue weighted by Crippen LogP contribution is -2.22. The molecular weight excluding hydrogens is 179 g/mol. The normalized spacial score (nSPS) is 35.2. The van der Waals surface area contributed by atoms with Gasteiger partial charge < -0.3 is 0 Å². The molecule has 1 aliphatic rings. The molecule has 0 spiro atoms. The summed E-state index contributed by atoms with van der Waals surface area (Å²) in [5.41, 5.74) is 0. The van der Waals surface area contributed by atoms with E-state index in [9.17, 15) is 0 Å². The maximum atomic E-state index is 6.06. The number of alkyl halides is 2. The first-order valence-electron chi connectivity index (χ1n) is 4.44. The Kier molecular flexibility index (Phi) is 4.01. The summed E-state index contributed by atoms with van der Waals surface area (Å²) < 4.78 is 0. The molecule has 0 aromatic rings. The molecule has 0 nitrogen and oxygen atoms in total. The average molecular weight is 195 g/mol. The van der Waals surface area contributed by atoms with Crippen molar-refractivity contribution >= 4 is 23.2 Å². The molecule has 1 fully saturated rings. The quantitative estimate of drug-likeness (QED) is 0.590. The minimum absolute atomic E-state index is 0.212. The van der Waals surface area contributed by atoms with Crippen molar-refractivity contribution in [2.24, 2.45) is 11.8 Å². The van der Waals surface area contributed by atoms with Gasteiger partial charge in [0, 0.05) is 11.3 Å². The van der Waals surface area contributed by atoms with Gasteiger partial charge >= 0.3 is 0 Å². The van der Waals surface area contributed by atoms with Crippen LogP contribution in [0.3, 0.4) is 0 Å². The molecule has 1 atom stereocenters. The predicted octanol–water partition coefficient (Wildman–Crippen LogP) is 3.66. The zero-order valence-electron chi connectivity index (χ0n) is 7.02. The third-order valence-electron chi connectivity index (χ3n) is 2.72. The SMILES string of the molecule is CC1CCC(C(Cl)CCl)CC1. The summed E-state index contributed by atoms with van der Waals surface area (Å²) in [5.74, 6) is 2.21.